The summed E-state index contributed by atoms with van der Waals surface area (Å²) in [5, 5.41) is 3.68. The van der Waals surface area contributed by atoms with Crippen LogP contribution in [0, 0.1) is 24.2 Å². The molecule has 0 radical (unpaired) electrons. The van der Waals surface area contributed by atoms with E-state index < -0.39 is 0 Å². The Hall–Kier alpha value is -0.480. The van der Waals surface area contributed by atoms with Crippen LogP contribution in [0.25, 0.3) is 0 Å². The maximum Gasteiger partial charge on any atom is 0.0238 e. The zero-order valence-electron chi connectivity index (χ0n) is 11.1. The van der Waals surface area contributed by atoms with E-state index in [0.717, 1.165) is 18.3 Å². The molecule has 16 heavy (non-hydrogen) atoms. The van der Waals surface area contributed by atoms with Gasteiger partial charge in [-0.25, -0.2) is 0 Å². The minimum absolute atomic E-state index is 0.477. The largest absolute Gasteiger partial charge is 0.311 e. The Bertz CT molecular complexity index is 226. The van der Waals surface area contributed by atoms with Gasteiger partial charge in [0.25, 0.3) is 0 Å². The third-order valence-electron chi connectivity index (χ3n) is 3.90. The molecule has 1 N–H and O–H groups in total. The zero-order valence-corrected chi connectivity index (χ0v) is 11.1. The van der Waals surface area contributed by atoms with Crippen LogP contribution < -0.4 is 5.32 Å². The summed E-state index contributed by atoms with van der Waals surface area (Å²) in [6.07, 6.45) is 13.0. The molecule has 0 aromatic carbocycles. The lowest BCUT2D eigenvalue weighted by atomic mass is 9.89. The van der Waals surface area contributed by atoms with Gasteiger partial charge in [-0.3, -0.25) is 0 Å². The fraction of sp³-hybridized carbons (Fsp3) is 0.867. The van der Waals surface area contributed by atoms with Gasteiger partial charge in [0, 0.05) is 18.5 Å². The predicted molar refractivity (Wildman–Crippen MR) is 71.2 cm³/mol. The van der Waals surface area contributed by atoms with Crippen molar-refractivity contribution in [2.24, 2.45) is 11.8 Å². The van der Waals surface area contributed by atoms with Crippen molar-refractivity contribution in [2.75, 3.05) is 0 Å². The molecule has 1 saturated carbocycles. The summed E-state index contributed by atoms with van der Waals surface area (Å²) in [7, 11) is 0. The molecule has 1 nitrogen and oxygen atoms in total. The van der Waals surface area contributed by atoms with E-state index in [1.54, 1.807) is 0 Å². The average Bonchev–Trinajstić information content (AvgIpc) is 2.43. The van der Waals surface area contributed by atoms with Gasteiger partial charge in [-0.05, 0) is 38.0 Å². The summed E-state index contributed by atoms with van der Waals surface area (Å²) in [5.74, 6) is 4.53. The highest BCUT2D eigenvalue weighted by molar-refractivity contribution is 4.89. The SMILES string of the molecule is C#CCC(C)NC1CCCC(C(C)C)CC1. The van der Waals surface area contributed by atoms with Crippen molar-refractivity contribution in [3.05, 3.63) is 0 Å². The van der Waals surface area contributed by atoms with Gasteiger partial charge in [0.2, 0.25) is 0 Å². The first-order valence-corrected chi connectivity index (χ1v) is 6.83. The molecule has 1 fully saturated rings. The van der Waals surface area contributed by atoms with Crippen LogP contribution in [0.4, 0.5) is 0 Å². The Morgan fingerprint density at radius 1 is 1.19 bits per heavy atom. The molecule has 0 bridgehead atoms. The Labute approximate surface area is 101 Å². The van der Waals surface area contributed by atoms with E-state index in [-0.39, 0.29) is 0 Å². The van der Waals surface area contributed by atoms with Gasteiger partial charge < -0.3 is 5.32 Å². The lowest BCUT2D eigenvalue weighted by Crippen LogP contribution is -2.36. The normalized spacial score (nSPS) is 28.4. The Morgan fingerprint density at radius 3 is 2.56 bits per heavy atom. The van der Waals surface area contributed by atoms with Gasteiger partial charge in [0.1, 0.15) is 0 Å². The minimum atomic E-state index is 0.477. The van der Waals surface area contributed by atoms with Gasteiger partial charge in [0.15, 0.2) is 0 Å². The second kappa shape index (κ2) is 6.97. The quantitative estimate of drug-likeness (QED) is 0.565. The fourth-order valence-electron chi connectivity index (χ4n) is 2.80. The van der Waals surface area contributed by atoms with Crippen molar-refractivity contribution in [3.63, 3.8) is 0 Å². The van der Waals surface area contributed by atoms with Crippen molar-refractivity contribution in [2.45, 2.75) is 71.4 Å². The Kier molecular flexibility index (Phi) is 5.91. The molecule has 0 amide bonds. The second-order valence-electron chi connectivity index (χ2n) is 5.69. The topological polar surface area (TPSA) is 12.0 Å². The summed E-state index contributed by atoms with van der Waals surface area (Å²) >= 11 is 0. The Morgan fingerprint density at radius 2 is 1.94 bits per heavy atom. The van der Waals surface area contributed by atoms with Crippen molar-refractivity contribution in [1.82, 2.24) is 5.32 Å². The first kappa shape index (κ1) is 13.6. The van der Waals surface area contributed by atoms with E-state index in [1.165, 1.54) is 32.1 Å². The van der Waals surface area contributed by atoms with Crippen molar-refractivity contribution in [1.29, 1.82) is 0 Å². The zero-order chi connectivity index (χ0) is 12.0. The van der Waals surface area contributed by atoms with Gasteiger partial charge >= 0.3 is 0 Å². The van der Waals surface area contributed by atoms with E-state index >= 15 is 0 Å². The molecule has 3 atom stereocenters. The number of terminal acetylenes is 1. The molecule has 1 rings (SSSR count). The van der Waals surface area contributed by atoms with Crippen LogP contribution >= 0.6 is 0 Å². The predicted octanol–water partition coefficient (Wildman–Crippen LogP) is 3.59. The van der Waals surface area contributed by atoms with E-state index in [0.29, 0.717) is 12.1 Å². The standard InChI is InChI=1S/C15H27N/c1-5-7-13(4)16-15-9-6-8-14(10-11-15)12(2)3/h1,12-16H,6-11H2,2-4H3. The van der Waals surface area contributed by atoms with Gasteiger partial charge in [-0.15, -0.1) is 12.3 Å². The monoisotopic (exact) mass is 221 g/mol. The van der Waals surface area contributed by atoms with Crippen LogP contribution in [0.5, 0.6) is 0 Å². The fourth-order valence-corrected chi connectivity index (χ4v) is 2.80. The van der Waals surface area contributed by atoms with E-state index in [2.05, 4.69) is 32.0 Å². The third kappa shape index (κ3) is 4.58. The highest BCUT2D eigenvalue weighted by Gasteiger charge is 2.21. The van der Waals surface area contributed by atoms with Gasteiger partial charge in [-0.1, -0.05) is 26.7 Å². The van der Waals surface area contributed by atoms with E-state index in [1.807, 2.05) is 0 Å². The number of rotatable bonds is 4. The third-order valence-corrected chi connectivity index (χ3v) is 3.90. The number of hydrogen-bond acceptors (Lipinski definition) is 1. The summed E-state index contributed by atoms with van der Waals surface area (Å²) in [6.45, 7) is 6.92. The number of hydrogen-bond donors (Lipinski definition) is 1. The maximum absolute atomic E-state index is 5.34. The van der Waals surface area contributed by atoms with Crippen LogP contribution in [-0.4, -0.2) is 12.1 Å². The molecule has 1 aliphatic carbocycles. The molecule has 3 unspecified atom stereocenters. The first-order chi connectivity index (χ1) is 7.63. The first-order valence-electron chi connectivity index (χ1n) is 6.83. The van der Waals surface area contributed by atoms with Crippen LogP contribution in [0.15, 0.2) is 0 Å². The molecule has 92 valence electrons. The van der Waals surface area contributed by atoms with Crippen molar-refractivity contribution >= 4 is 0 Å². The highest BCUT2D eigenvalue weighted by atomic mass is 14.9. The summed E-state index contributed by atoms with van der Waals surface area (Å²) in [4.78, 5) is 0. The van der Waals surface area contributed by atoms with Crippen molar-refractivity contribution < 1.29 is 0 Å². The molecule has 1 aliphatic rings. The molecule has 0 heterocycles. The van der Waals surface area contributed by atoms with Crippen LogP contribution in [0.2, 0.25) is 0 Å². The summed E-state index contributed by atoms with van der Waals surface area (Å²) < 4.78 is 0. The summed E-state index contributed by atoms with van der Waals surface area (Å²) in [5.41, 5.74) is 0. The molecule has 0 aromatic rings. The highest BCUT2D eigenvalue weighted by Crippen LogP contribution is 2.28. The lowest BCUT2D eigenvalue weighted by Gasteiger charge is -2.21. The second-order valence-corrected chi connectivity index (χ2v) is 5.69. The molecular weight excluding hydrogens is 194 g/mol. The van der Waals surface area contributed by atoms with Gasteiger partial charge in [-0.2, -0.15) is 0 Å². The minimum Gasteiger partial charge on any atom is -0.311 e. The molecule has 0 spiro atoms. The molecule has 0 saturated heterocycles. The molecule has 1 heteroatoms. The molecule has 0 aromatic heterocycles. The van der Waals surface area contributed by atoms with E-state index in [9.17, 15) is 0 Å². The smallest absolute Gasteiger partial charge is 0.0238 e. The van der Waals surface area contributed by atoms with E-state index in [4.69, 9.17) is 6.42 Å². The number of nitrogens with one attached hydrogen (secondary N) is 1. The van der Waals surface area contributed by atoms with Crippen LogP contribution in [0.1, 0.15) is 59.3 Å². The van der Waals surface area contributed by atoms with Crippen LogP contribution in [-0.2, 0) is 0 Å². The van der Waals surface area contributed by atoms with Crippen molar-refractivity contribution in [3.8, 4) is 12.3 Å². The van der Waals surface area contributed by atoms with Gasteiger partial charge in [0.05, 0.1) is 0 Å². The average molecular weight is 221 g/mol. The van der Waals surface area contributed by atoms with Crippen LogP contribution in [0.3, 0.4) is 0 Å². The molecule has 0 aliphatic heterocycles. The molecular formula is C15H27N. The lowest BCUT2D eigenvalue weighted by molar-refractivity contribution is 0.335. The Balaban J connectivity index is 2.33. The summed E-state index contributed by atoms with van der Waals surface area (Å²) in [6, 6.07) is 1.18. The maximum atomic E-state index is 5.34.